The molecule has 11 nitrogen and oxygen atoms in total. The summed E-state index contributed by atoms with van der Waals surface area (Å²) in [6, 6.07) is 9.04. The van der Waals surface area contributed by atoms with Crippen LogP contribution in [0.5, 0.6) is 0 Å². The second-order valence-corrected chi connectivity index (χ2v) is 12.7. The van der Waals surface area contributed by atoms with Gasteiger partial charge >= 0.3 is 0 Å². The molecule has 3 rings (SSSR count). The number of benzene rings is 1. The van der Waals surface area contributed by atoms with Crippen molar-refractivity contribution in [3.8, 4) is 0 Å². The van der Waals surface area contributed by atoms with E-state index in [9.17, 15) is 19.2 Å². The summed E-state index contributed by atoms with van der Waals surface area (Å²) in [6.07, 6.45) is 4.11. The van der Waals surface area contributed by atoms with Crippen LogP contribution in [0.1, 0.15) is 63.1 Å². The number of thiazole rings is 1. The molecule has 0 radical (unpaired) electrons. The Kier molecular flexibility index (Phi) is 14.4. The first-order valence-electron chi connectivity index (χ1n) is 15.7. The summed E-state index contributed by atoms with van der Waals surface area (Å²) in [6.45, 7) is 6.32. The lowest BCUT2D eigenvalue weighted by Gasteiger charge is -2.39. The number of methoxy groups -OCH3 is 2. The van der Waals surface area contributed by atoms with Crippen LogP contribution >= 0.6 is 11.3 Å². The molecule has 248 valence electrons. The monoisotopic (exact) mass is 643 g/mol. The van der Waals surface area contributed by atoms with Gasteiger partial charge in [-0.15, -0.1) is 11.3 Å². The number of amides is 4. The number of carbonyl (C=O) groups is 4. The third-order valence-corrected chi connectivity index (χ3v) is 9.88. The molecule has 2 heterocycles. The van der Waals surface area contributed by atoms with E-state index < -0.39 is 18.1 Å². The van der Waals surface area contributed by atoms with Gasteiger partial charge in [-0.25, -0.2) is 4.98 Å². The van der Waals surface area contributed by atoms with Crippen molar-refractivity contribution in [2.24, 2.45) is 11.8 Å². The first kappa shape index (κ1) is 36.1. The van der Waals surface area contributed by atoms with E-state index in [1.54, 1.807) is 32.4 Å². The number of carbonyl (C=O) groups excluding carboxylic acids is 4. The molecule has 2 aromatic rings. The maximum Gasteiger partial charge on any atom is 0.242 e. The molecule has 12 heteroatoms. The lowest BCUT2D eigenvalue weighted by atomic mass is 9.90. The van der Waals surface area contributed by atoms with E-state index in [2.05, 4.69) is 15.6 Å². The number of nitrogens with zero attached hydrogens (tertiary/aromatic N) is 3. The molecule has 0 saturated carbocycles. The highest BCUT2D eigenvalue weighted by atomic mass is 32.1. The van der Waals surface area contributed by atoms with Crippen LogP contribution in [0.2, 0.25) is 0 Å². The molecule has 4 amide bonds. The number of hydrogen-bond acceptors (Lipinski definition) is 8. The number of aromatic nitrogens is 1. The van der Waals surface area contributed by atoms with Crippen molar-refractivity contribution in [2.75, 3.05) is 34.4 Å². The molecule has 1 aliphatic rings. The standard InChI is InChI=1S/C33H49N5O6S/c1-7-22(2)30(37(4)29(41)20-34-21-39)27(43-5)19-28(40)38-16-11-14-26(38)31(44-6)23(3)32(42)36-25(33-35-15-17-45-33)18-24-12-9-8-10-13-24/h8-10,12-13,15,17,21-23,25-27,30-31H,7,11,14,16,18-20H2,1-6H3,(H,34,39)(H,36,42)/t22-,23+,25-,26-,27+,30-,31+/m0/s1. The van der Waals surface area contributed by atoms with Gasteiger partial charge in [0.1, 0.15) is 5.01 Å². The van der Waals surface area contributed by atoms with Crippen molar-refractivity contribution in [3.05, 3.63) is 52.5 Å². The number of hydrogen-bond donors (Lipinski definition) is 2. The van der Waals surface area contributed by atoms with Gasteiger partial charge in [-0.3, -0.25) is 19.2 Å². The Labute approximate surface area is 271 Å². The van der Waals surface area contributed by atoms with Gasteiger partial charge in [-0.05, 0) is 30.7 Å². The van der Waals surface area contributed by atoms with Gasteiger partial charge in [-0.2, -0.15) is 0 Å². The van der Waals surface area contributed by atoms with Crippen LogP contribution in [0.4, 0.5) is 0 Å². The molecule has 1 saturated heterocycles. The topological polar surface area (TPSA) is 130 Å². The Balaban J connectivity index is 1.74. The minimum absolute atomic E-state index is 0.0411. The zero-order valence-corrected chi connectivity index (χ0v) is 28.1. The maximum atomic E-state index is 13.9. The van der Waals surface area contributed by atoms with Crippen LogP contribution in [0.3, 0.4) is 0 Å². The summed E-state index contributed by atoms with van der Waals surface area (Å²) in [5.41, 5.74) is 1.09. The molecule has 1 fully saturated rings. The highest BCUT2D eigenvalue weighted by Gasteiger charge is 2.42. The Morgan fingerprint density at radius 3 is 2.51 bits per heavy atom. The number of likely N-dealkylation sites (tertiary alicyclic amines) is 1. The normalized spacial score (nSPS) is 18.7. The van der Waals surface area contributed by atoms with Crippen molar-refractivity contribution in [3.63, 3.8) is 0 Å². The zero-order valence-electron chi connectivity index (χ0n) is 27.3. The maximum absolute atomic E-state index is 13.9. The summed E-state index contributed by atoms with van der Waals surface area (Å²) >= 11 is 1.50. The predicted octanol–water partition coefficient (Wildman–Crippen LogP) is 3.21. The van der Waals surface area contributed by atoms with E-state index in [0.717, 1.165) is 23.4 Å². The van der Waals surface area contributed by atoms with E-state index in [4.69, 9.17) is 9.47 Å². The van der Waals surface area contributed by atoms with Crippen LogP contribution in [-0.4, -0.2) is 97.6 Å². The fourth-order valence-electron chi connectivity index (χ4n) is 6.34. The second-order valence-electron chi connectivity index (χ2n) is 11.8. The van der Waals surface area contributed by atoms with Gasteiger partial charge in [0.25, 0.3) is 0 Å². The molecule has 0 aliphatic carbocycles. The average Bonchev–Trinajstić information content (AvgIpc) is 3.77. The highest BCUT2D eigenvalue weighted by molar-refractivity contribution is 7.09. The van der Waals surface area contributed by atoms with E-state index >= 15 is 0 Å². The average molecular weight is 644 g/mol. The molecule has 1 aromatic heterocycles. The molecular formula is C33H49N5O6S. The molecule has 7 atom stereocenters. The fourth-order valence-corrected chi connectivity index (χ4v) is 7.03. The van der Waals surface area contributed by atoms with Gasteiger partial charge < -0.3 is 29.9 Å². The van der Waals surface area contributed by atoms with Gasteiger partial charge in [0, 0.05) is 39.4 Å². The number of ether oxygens (including phenoxy) is 2. The Morgan fingerprint density at radius 2 is 1.91 bits per heavy atom. The molecular weight excluding hydrogens is 594 g/mol. The summed E-state index contributed by atoms with van der Waals surface area (Å²) in [7, 11) is 4.82. The molecule has 0 bridgehead atoms. The smallest absolute Gasteiger partial charge is 0.242 e. The van der Waals surface area contributed by atoms with Crippen LogP contribution < -0.4 is 10.6 Å². The SMILES string of the molecule is CC[C@H](C)[C@@H]([C@@H](CC(=O)N1CCC[C@H]1[C@H](OC)[C@@H](C)C(=O)N[C@@H](Cc1ccccc1)c1nccs1)OC)N(C)C(=O)CNC=O. The largest absolute Gasteiger partial charge is 0.379 e. The van der Waals surface area contributed by atoms with Crippen LogP contribution in [0.25, 0.3) is 0 Å². The predicted molar refractivity (Wildman–Crippen MR) is 173 cm³/mol. The quantitative estimate of drug-likeness (QED) is 0.239. The van der Waals surface area contributed by atoms with Gasteiger partial charge in [0.2, 0.25) is 24.1 Å². The number of nitrogens with one attached hydrogen (secondary N) is 2. The third-order valence-electron chi connectivity index (χ3n) is 8.99. The zero-order chi connectivity index (χ0) is 32.9. The van der Waals surface area contributed by atoms with Crippen molar-refractivity contribution in [2.45, 2.75) is 83.2 Å². The molecule has 0 spiro atoms. The Hall–Kier alpha value is -3.35. The van der Waals surface area contributed by atoms with E-state index in [-0.39, 0.29) is 54.7 Å². The molecule has 2 N–H and O–H groups in total. The number of rotatable bonds is 18. The van der Waals surface area contributed by atoms with E-state index in [1.165, 1.54) is 11.3 Å². The fraction of sp³-hybridized carbons (Fsp3) is 0.606. The molecule has 45 heavy (non-hydrogen) atoms. The van der Waals surface area contributed by atoms with Crippen molar-refractivity contribution in [1.82, 2.24) is 25.4 Å². The lowest BCUT2D eigenvalue weighted by molar-refractivity contribution is -0.145. The van der Waals surface area contributed by atoms with E-state index in [1.807, 2.05) is 61.4 Å². The van der Waals surface area contributed by atoms with Crippen molar-refractivity contribution in [1.29, 1.82) is 0 Å². The summed E-state index contributed by atoms with van der Waals surface area (Å²) in [4.78, 5) is 59.0. The van der Waals surface area contributed by atoms with Crippen LogP contribution in [0.15, 0.2) is 41.9 Å². The minimum Gasteiger partial charge on any atom is -0.379 e. The third kappa shape index (κ3) is 9.57. The summed E-state index contributed by atoms with van der Waals surface area (Å²) in [5, 5.41) is 8.36. The lowest BCUT2D eigenvalue weighted by Crippen LogP contribution is -2.54. The van der Waals surface area contributed by atoms with Crippen molar-refractivity contribution >= 4 is 35.5 Å². The molecule has 1 aliphatic heterocycles. The first-order chi connectivity index (χ1) is 21.7. The molecule has 0 unspecified atom stereocenters. The summed E-state index contributed by atoms with van der Waals surface area (Å²) < 4.78 is 11.8. The Morgan fingerprint density at radius 1 is 1.18 bits per heavy atom. The highest BCUT2D eigenvalue weighted by Crippen LogP contribution is 2.30. The van der Waals surface area contributed by atoms with E-state index in [0.29, 0.717) is 25.8 Å². The minimum atomic E-state index is -0.558. The van der Waals surface area contributed by atoms with Gasteiger partial charge in [0.05, 0.1) is 49.2 Å². The van der Waals surface area contributed by atoms with Crippen LogP contribution in [-0.2, 0) is 35.1 Å². The van der Waals surface area contributed by atoms with Gasteiger partial charge in [-0.1, -0.05) is 57.5 Å². The van der Waals surface area contributed by atoms with Crippen molar-refractivity contribution < 1.29 is 28.7 Å². The number of likely N-dealkylation sites (N-methyl/N-ethyl adjacent to an activating group) is 1. The Bertz CT molecular complexity index is 1220. The molecule has 1 aromatic carbocycles. The second kappa shape index (κ2) is 18.0. The van der Waals surface area contributed by atoms with Gasteiger partial charge in [0.15, 0.2) is 0 Å². The van der Waals surface area contributed by atoms with Crippen LogP contribution in [0, 0.1) is 11.8 Å². The summed E-state index contributed by atoms with van der Waals surface area (Å²) in [5.74, 6) is -1.02. The first-order valence-corrected chi connectivity index (χ1v) is 16.6.